The van der Waals surface area contributed by atoms with E-state index in [1.165, 1.54) is 12.1 Å². The molecule has 18 heavy (non-hydrogen) atoms. The van der Waals surface area contributed by atoms with Gasteiger partial charge in [-0.1, -0.05) is 19.1 Å². The summed E-state index contributed by atoms with van der Waals surface area (Å²) in [5, 5.41) is 2.70. The first-order valence-electron chi connectivity index (χ1n) is 5.40. The van der Waals surface area contributed by atoms with Crippen LogP contribution < -0.4 is 10.1 Å². The third-order valence-electron chi connectivity index (χ3n) is 2.29. The Morgan fingerprint density at radius 3 is 2.50 bits per heavy atom. The van der Waals surface area contributed by atoms with Gasteiger partial charge in [0, 0.05) is 18.3 Å². The zero-order valence-electron chi connectivity index (χ0n) is 9.83. The molecule has 0 aliphatic rings. The van der Waals surface area contributed by atoms with Crippen molar-refractivity contribution < 1.29 is 18.3 Å². The summed E-state index contributed by atoms with van der Waals surface area (Å²) in [5.41, 5.74) is 0.798. The minimum atomic E-state index is -2.83. The number of hydrogen-bond donors (Lipinski definition) is 1. The van der Waals surface area contributed by atoms with Gasteiger partial charge in [-0.05, 0) is 17.7 Å². The third kappa shape index (κ3) is 4.87. The predicted molar refractivity (Wildman–Crippen MR) is 64.8 cm³/mol. The number of carbonyl (C=O) groups excluding carboxylic acids is 1. The molecule has 100 valence electrons. The average Bonchev–Trinajstić information content (AvgIpc) is 2.36. The van der Waals surface area contributed by atoms with Crippen LogP contribution in [0.1, 0.15) is 12.5 Å². The van der Waals surface area contributed by atoms with Crippen molar-refractivity contribution in [3.8, 4) is 5.75 Å². The summed E-state index contributed by atoms with van der Waals surface area (Å²) in [6, 6.07) is 6.09. The van der Waals surface area contributed by atoms with Crippen molar-refractivity contribution in [2.75, 3.05) is 5.88 Å². The molecule has 0 fully saturated rings. The van der Waals surface area contributed by atoms with E-state index < -0.39 is 6.61 Å². The molecule has 0 bridgehead atoms. The number of nitrogens with one attached hydrogen (secondary N) is 1. The normalized spacial score (nSPS) is 12.3. The van der Waals surface area contributed by atoms with Crippen molar-refractivity contribution in [1.82, 2.24) is 5.32 Å². The van der Waals surface area contributed by atoms with Gasteiger partial charge in [-0.3, -0.25) is 4.79 Å². The van der Waals surface area contributed by atoms with Crippen molar-refractivity contribution in [2.24, 2.45) is 5.92 Å². The van der Waals surface area contributed by atoms with Gasteiger partial charge in [-0.15, -0.1) is 11.6 Å². The standard InChI is InChI=1S/C12H14ClF2NO2/c1-8(6-13)11(17)16-7-9-2-4-10(5-3-9)18-12(14)15/h2-5,8,12H,6-7H2,1H3,(H,16,17). The maximum atomic E-state index is 11.9. The topological polar surface area (TPSA) is 38.3 Å². The monoisotopic (exact) mass is 277 g/mol. The predicted octanol–water partition coefficient (Wildman–Crippen LogP) is 2.78. The molecule has 0 heterocycles. The lowest BCUT2D eigenvalue weighted by atomic mass is 10.2. The minimum absolute atomic E-state index is 0.0919. The Bertz CT molecular complexity index is 384. The van der Waals surface area contributed by atoms with Gasteiger partial charge >= 0.3 is 6.61 Å². The molecule has 0 saturated carbocycles. The number of hydrogen-bond acceptors (Lipinski definition) is 2. The summed E-state index contributed by atoms with van der Waals surface area (Å²) in [4.78, 5) is 11.4. The molecule has 1 aromatic rings. The number of rotatable bonds is 6. The zero-order chi connectivity index (χ0) is 13.5. The van der Waals surface area contributed by atoms with Crippen LogP contribution in [0.5, 0.6) is 5.75 Å². The molecule has 1 rings (SSSR count). The van der Waals surface area contributed by atoms with Gasteiger partial charge in [0.1, 0.15) is 5.75 Å². The quantitative estimate of drug-likeness (QED) is 0.812. The van der Waals surface area contributed by atoms with E-state index in [-0.39, 0.29) is 23.5 Å². The summed E-state index contributed by atoms with van der Waals surface area (Å²) >= 11 is 5.55. The van der Waals surface area contributed by atoms with Crippen LogP contribution in [-0.2, 0) is 11.3 Å². The molecular formula is C12H14ClF2NO2. The Hall–Kier alpha value is -1.36. The van der Waals surface area contributed by atoms with Crippen LogP contribution in [0.2, 0.25) is 0 Å². The minimum Gasteiger partial charge on any atom is -0.435 e. The average molecular weight is 278 g/mol. The fourth-order valence-corrected chi connectivity index (χ4v) is 1.36. The van der Waals surface area contributed by atoms with Crippen molar-refractivity contribution >= 4 is 17.5 Å². The second kappa shape index (κ2) is 7.16. The van der Waals surface area contributed by atoms with Gasteiger partial charge in [-0.25, -0.2) is 0 Å². The molecule has 0 aliphatic carbocycles. The summed E-state index contributed by atoms with van der Waals surface area (Å²) in [7, 11) is 0. The Morgan fingerprint density at radius 1 is 1.39 bits per heavy atom. The summed E-state index contributed by atoms with van der Waals surface area (Å²) in [5.74, 6) is -0.0484. The smallest absolute Gasteiger partial charge is 0.387 e. The van der Waals surface area contributed by atoms with Gasteiger partial charge in [0.25, 0.3) is 0 Å². The lowest BCUT2D eigenvalue weighted by Gasteiger charge is -2.10. The van der Waals surface area contributed by atoms with Gasteiger partial charge < -0.3 is 10.1 Å². The Balaban J connectivity index is 2.46. The number of halogens is 3. The first-order valence-corrected chi connectivity index (χ1v) is 5.93. The molecule has 0 spiro atoms. The maximum Gasteiger partial charge on any atom is 0.387 e. The molecular weight excluding hydrogens is 264 g/mol. The van der Waals surface area contributed by atoms with E-state index in [4.69, 9.17) is 11.6 Å². The van der Waals surface area contributed by atoms with E-state index in [1.54, 1.807) is 19.1 Å². The molecule has 1 unspecified atom stereocenters. The molecule has 3 nitrogen and oxygen atoms in total. The number of amides is 1. The number of alkyl halides is 3. The molecule has 1 amide bonds. The highest BCUT2D eigenvalue weighted by atomic mass is 35.5. The van der Waals surface area contributed by atoms with Crippen LogP contribution in [0.15, 0.2) is 24.3 Å². The fourth-order valence-electron chi connectivity index (χ4n) is 1.22. The summed E-state index contributed by atoms with van der Waals surface area (Å²) < 4.78 is 28.0. The highest BCUT2D eigenvalue weighted by molar-refractivity contribution is 6.19. The van der Waals surface area contributed by atoms with Gasteiger partial charge in [0.2, 0.25) is 5.91 Å². The molecule has 1 aromatic carbocycles. The Labute approximate surface area is 109 Å². The molecule has 6 heteroatoms. The largest absolute Gasteiger partial charge is 0.435 e. The fraction of sp³-hybridized carbons (Fsp3) is 0.417. The molecule has 1 N–H and O–H groups in total. The number of carbonyl (C=O) groups is 1. The first-order chi connectivity index (χ1) is 8.52. The van der Waals surface area contributed by atoms with Crippen LogP contribution >= 0.6 is 11.6 Å². The number of ether oxygens (including phenoxy) is 1. The molecule has 0 radical (unpaired) electrons. The van der Waals surface area contributed by atoms with Crippen LogP contribution in [0.3, 0.4) is 0 Å². The summed E-state index contributed by atoms with van der Waals surface area (Å²) in [6.45, 7) is -0.781. The van der Waals surface area contributed by atoms with Gasteiger partial charge in [-0.2, -0.15) is 8.78 Å². The van der Waals surface area contributed by atoms with Crippen molar-refractivity contribution in [2.45, 2.75) is 20.1 Å². The van der Waals surface area contributed by atoms with Crippen LogP contribution in [0.4, 0.5) is 8.78 Å². The molecule has 0 saturated heterocycles. The van der Waals surface area contributed by atoms with E-state index >= 15 is 0 Å². The highest BCUT2D eigenvalue weighted by Crippen LogP contribution is 2.14. The van der Waals surface area contributed by atoms with E-state index in [0.29, 0.717) is 6.54 Å². The van der Waals surface area contributed by atoms with Crippen molar-refractivity contribution in [1.29, 1.82) is 0 Å². The zero-order valence-corrected chi connectivity index (χ0v) is 10.6. The highest BCUT2D eigenvalue weighted by Gasteiger charge is 2.10. The maximum absolute atomic E-state index is 11.9. The third-order valence-corrected chi connectivity index (χ3v) is 2.76. The van der Waals surface area contributed by atoms with Crippen LogP contribution in [-0.4, -0.2) is 18.4 Å². The second-order valence-electron chi connectivity index (χ2n) is 3.80. The molecule has 0 aromatic heterocycles. The van der Waals surface area contributed by atoms with Crippen molar-refractivity contribution in [3.05, 3.63) is 29.8 Å². The summed E-state index contributed by atoms with van der Waals surface area (Å²) in [6.07, 6.45) is 0. The van der Waals surface area contributed by atoms with Crippen LogP contribution in [0, 0.1) is 5.92 Å². The van der Waals surface area contributed by atoms with E-state index in [0.717, 1.165) is 5.56 Å². The Kier molecular flexibility index (Phi) is 5.85. The molecule has 0 aliphatic heterocycles. The molecule has 1 atom stereocenters. The van der Waals surface area contributed by atoms with E-state index in [9.17, 15) is 13.6 Å². The Morgan fingerprint density at radius 2 is 2.00 bits per heavy atom. The lowest BCUT2D eigenvalue weighted by molar-refractivity contribution is -0.124. The number of benzene rings is 1. The van der Waals surface area contributed by atoms with E-state index in [1.807, 2.05) is 0 Å². The van der Waals surface area contributed by atoms with Gasteiger partial charge in [0.05, 0.1) is 0 Å². The SMILES string of the molecule is CC(CCl)C(=O)NCc1ccc(OC(F)F)cc1. The van der Waals surface area contributed by atoms with E-state index in [2.05, 4.69) is 10.1 Å². The van der Waals surface area contributed by atoms with Crippen LogP contribution in [0.25, 0.3) is 0 Å². The second-order valence-corrected chi connectivity index (χ2v) is 4.10. The first kappa shape index (κ1) is 14.7. The lowest BCUT2D eigenvalue weighted by Crippen LogP contribution is -2.29. The van der Waals surface area contributed by atoms with Crippen molar-refractivity contribution in [3.63, 3.8) is 0 Å². The van der Waals surface area contributed by atoms with Gasteiger partial charge in [0.15, 0.2) is 0 Å².